The summed E-state index contributed by atoms with van der Waals surface area (Å²) in [6.07, 6.45) is 0. The van der Waals surface area contributed by atoms with Gasteiger partial charge in [-0.2, -0.15) is 0 Å². The molecular formula is C57H48N2. The number of para-hydroxylation sites is 3. The van der Waals surface area contributed by atoms with Gasteiger partial charge in [-0.1, -0.05) is 163 Å². The molecule has 59 heavy (non-hydrogen) atoms. The molecular weight excluding hydrogens is 713 g/mol. The van der Waals surface area contributed by atoms with E-state index in [2.05, 4.69) is 233 Å². The summed E-state index contributed by atoms with van der Waals surface area (Å²) in [5.41, 5.74) is 20.0. The van der Waals surface area contributed by atoms with Crippen LogP contribution in [0, 0.1) is 0 Å². The molecule has 0 fully saturated rings. The molecule has 0 N–H and O–H groups in total. The fourth-order valence-electron chi connectivity index (χ4n) is 10.2. The topological polar surface area (TPSA) is 8.17 Å². The van der Waals surface area contributed by atoms with Gasteiger partial charge in [0.1, 0.15) is 0 Å². The number of fused-ring (bicyclic) bond motifs is 13. The van der Waals surface area contributed by atoms with Crippen LogP contribution in [0.1, 0.15) is 74.9 Å². The largest absolute Gasteiger partial charge is 0.310 e. The molecule has 1 heterocycles. The van der Waals surface area contributed by atoms with Gasteiger partial charge < -0.3 is 9.47 Å². The molecule has 2 nitrogen and oxygen atoms in total. The molecule has 0 saturated carbocycles. The van der Waals surface area contributed by atoms with Gasteiger partial charge in [-0.15, -0.1) is 0 Å². The van der Waals surface area contributed by atoms with Crippen molar-refractivity contribution >= 4 is 38.9 Å². The predicted octanol–water partition coefficient (Wildman–Crippen LogP) is 15.2. The normalized spacial score (nSPS) is 13.7. The van der Waals surface area contributed by atoms with Gasteiger partial charge >= 0.3 is 0 Å². The number of benzene rings is 8. The van der Waals surface area contributed by atoms with Crippen molar-refractivity contribution in [1.82, 2.24) is 4.57 Å². The number of hydrogen-bond acceptors (Lipinski definition) is 1. The van der Waals surface area contributed by atoms with Crippen LogP contribution in [0.2, 0.25) is 0 Å². The molecule has 11 rings (SSSR count). The van der Waals surface area contributed by atoms with Crippen LogP contribution in [0.5, 0.6) is 0 Å². The molecule has 2 aliphatic rings. The van der Waals surface area contributed by atoms with Crippen molar-refractivity contribution in [1.29, 1.82) is 0 Å². The molecule has 8 aromatic carbocycles. The quantitative estimate of drug-likeness (QED) is 0.173. The molecule has 0 aliphatic heterocycles. The van der Waals surface area contributed by atoms with E-state index in [0.717, 1.165) is 22.7 Å². The second-order valence-electron chi connectivity index (χ2n) is 18.6. The zero-order chi connectivity index (χ0) is 40.3. The zero-order valence-corrected chi connectivity index (χ0v) is 34.7. The summed E-state index contributed by atoms with van der Waals surface area (Å²) in [5.74, 6) is 0. The summed E-state index contributed by atoms with van der Waals surface area (Å²) in [7, 11) is 0. The van der Waals surface area contributed by atoms with E-state index >= 15 is 0 Å². The minimum Gasteiger partial charge on any atom is -0.310 e. The van der Waals surface area contributed by atoms with E-state index in [1.54, 1.807) is 0 Å². The lowest BCUT2D eigenvalue weighted by molar-refractivity contribution is 0.586. The first kappa shape index (κ1) is 35.5. The monoisotopic (exact) mass is 760 g/mol. The van der Waals surface area contributed by atoms with Gasteiger partial charge in [0.2, 0.25) is 0 Å². The molecule has 286 valence electrons. The van der Waals surface area contributed by atoms with Crippen LogP contribution in [0.4, 0.5) is 17.1 Å². The smallest absolute Gasteiger partial charge is 0.0726 e. The number of aromatic nitrogens is 1. The van der Waals surface area contributed by atoms with Gasteiger partial charge in [-0.25, -0.2) is 0 Å². The van der Waals surface area contributed by atoms with E-state index in [-0.39, 0.29) is 10.8 Å². The zero-order valence-electron chi connectivity index (χ0n) is 34.7. The van der Waals surface area contributed by atoms with Gasteiger partial charge in [-0.3, -0.25) is 0 Å². The fraction of sp³-hybridized carbons (Fsp3) is 0.158. The van der Waals surface area contributed by atoms with Crippen molar-refractivity contribution in [3.63, 3.8) is 0 Å². The second-order valence-corrected chi connectivity index (χ2v) is 18.6. The van der Waals surface area contributed by atoms with Crippen LogP contribution in [0.25, 0.3) is 49.7 Å². The van der Waals surface area contributed by atoms with E-state index in [9.17, 15) is 0 Å². The van der Waals surface area contributed by atoms with Gasteiger partial charge in [0.15, 0.2) is 0 Å². The fourth-order valence-corrected chi connectivity index (χ4v) is 10.2. The maximum atomic E-state index is 2.53. The highest BCUT2D eigenvalue weighted by atomic mass is 15.1. The molecule has 0 unspecified atom stereocenters. The Bertz CT molecular complexity index is 3000. The van der Waals surface area contributed by atoms with Crippen LogP contribution >= 0.6 is 0 Å². The SMILES string of the molecule is CC(C)(C)c1ccc2c(c1)C1(c3ccccc3-c3ccc(N(c4ccccc4)c4ccc(-n5c6ccccc6c6ccccc65)cc4)cc31)c1cc(C(C)(C)C)ccc1-2. The van der Waals surface area contributed by atoms with E-state index in [0.29, 0.717) is 0 Å². The summed E-state index contributed by atoms with van der Waals surface area (Å²) in [6, 6.07) is 68.4. The Morgan fingerprint density at radius 3 is 1.39 bits per heavy atom. The van der Waals surface area contributed by atoms with Crippen molar-refractivity contribution in [3.8, 4) is 27.9 Å². The van der Waals surface area contributed by atoms with Crippen LogP contribution in [0.15, 0.2) is 182 Å². The number of hydrogen-bond donors (Lipinski definition) is 0. The number of rotatable bonds is 4. The highest BCUT2D eigenvalue weighted by Crippen LogP contribution is 2.64. The van der Waals surface area contributed by atoms with Crippen LogP contribution in [0.3, 0.4) is 0 Å². The Morgan fingerprint density at radius 1 is 0.373 bits per heavy atom. The molecule has 1 spiro atoms. The van der Waals surface area contributed by atoms with Gasteiger partial charge in [0.25, 0.3) is 0 Å². The summed E-state index contributed by atoms with van der Waals surface area (Å²) in [5, 5.41) is 2.54. The van der Waals surface area contributed by atoms with Crippen molar-refractivity contribution in [3.05, 3.63) is 215 Å². The summed E-state index contributed by atoms with van der Waals surface area (Å²) < 4.78 is 2.39. The first-order chi connectivity index (χ1) is 28.5. The second kappa shape index (κ2) is 12.7. The lowest BCUT2D eigenvalue weighted by Gasteiger charge is -2.34. The third kappa shape index (κ3) is 5.18. The van der Waals surface area contributed by atoms with Crippen molar-refractivity contribution in [2.24, 2.45) is 0 Å². The summed E-state index contributed by atoms with van der Waals surface area (Å²) in [6.45, 7) is 14.0. The molecule has 0 radical (unpaired) electrons. The summed E-state index contributed by atoms with van der Waals surface area (Å²) >= 11 is 0. The number of nitrogens with zero attached hydrogens (tertiary/aromatic N) is 2. The first-order valence-corrected chi connectivity index (χ1v) is 21.0. The van der Waals surface area contributed by atoms with Crippen molar-refractivity contribution in [2.75, 3.05) is 4.90 Å². The Hall–Kier alpha value is -6.64. The van der Waals surface area contributed by atoms with E-state index < -0.39 is 5.41 Å². The van der Waals surface area contributed by atoms with Crippen molar-refractivity contribution < 1.29 is 0 Å². The molecule has 2 aliphatic carbocycles. The standard InChI is InChI=1S/C57H48N2/c1-55(2,3)37-24-31-44-45-32-25-38(56(4,5)6)35-51(45)57(50(44)34-37)49-21-13-10-18-43(49)46-33-30-42(36-52(46)57)58(39-16-8-7-9-17-39)40-26-28-41(29-27-40)59-53-22-14-11-19-47(53)48-20-12-15-23-54(48)59/h7-36H,1-6H3. The van der Waals surface area contributed by atoms with Gasteiger partial charge in [-0.05, 0) is 127 Å². The molecule has 1 aromatic heterocycles. The lowest BCUT2D eigenvalue weighted by atomic mass is 9.68. The Balaban J connectivity index is 1.14. The molecule has 2 heteroatoms. The van der Waals surface area contributed by atoms with E-state index in [1.165, 1.54) is 77.4 Å². The summed E-state index contributed by atoms with van der Waals surface area (Å²) in [4.78, 5) is 2.43. The maximum absolute atomic E-state index is 2.53. The van der Waals surface area contributed by atoms with Crippen LogP contribution < -0.4 is 4.90 Å². The first-order valence-electron chi connectivity index (χ1n) is 21.0. The molecule has 9 aromatic rings. The number of anilines is 3. The maximum Gasteiger partial charge on any atom is 0.0726 e. The van der Waals surface area contributed by atoms with Gasteiger partial charge in [0, 0.05) is 33.5 Å². The highest BCUT2D eigenvalue weighted by Gasteiger charge is 2.52. The molecule has 0 bridgehead atoms. The highest BCUT2D eigenvalue weighted by molar-refractivity contribution is 6.09. The third-order valence-electron chi connectivity index (χ3n) is 13.1. The minimum absolute atomic E-state index is 0.000136. The predicted molar refractivity (Wildman–Crippen MR) is 249 cm³/mol. The van der Waals surface area contributed by atoms with Crippen LogP contribution in [-0.2, 0) is 16.2 Å². The molecule has 0 amide bonds. The Labute approximate surface area is 348 Å². The Kier molecular flexibility index (Phi) is 7.63. The Morgan fingerprint density at radius 2 is 0.814 bits per heavy atom. The van der Waals surface area contributed by atoms with Crippen LogP contribution in [-0.4, -0.2) is 4.57 Å². The third-order valence-corrected chi connectivity index (χ3v) is 13.1. The van der Waals surface area contributed by atoms with E-state index in [1.807, 2.05) is 0 Å². The average Bonchev–Trinajstić information content (AvgIpc) is 3.85. The average molecular weight is 761 g/mol. The van der Waals surface area contributed by atoms with E-state index in [4.69, 9.17) is 0 Å². The van der Waals surface area contributed by atoms with Crippen molar-refractivity contribution in [2.45, 2.75) is 57.8 Å². The lowest BCUT2D eigenvalue weighted by Crippen LogP contribution is -2.27. The molecule has 0 saturated heterocycles. The van der Waals surface area contributed by atoms with Gasteiger partial charge in [0.05, 0.1) is 16.4 Å². The minimum atomic E-state index is -0.474. The molecule has 0 atom stereocenters.